The predicted molar refractivity (Wildman–Crippen MR) is 90.8 cm³/mol. The Morgan fingerprint density at radius 1 is 1.33 bits per heavy atom. The number of ether oxygens (including phenoxy) is 1. The summed E-state index contributed by atoms with van der Waals surface area (Å²) in [4.78, 5) is 0. The van der Waals surface area contributed by atoms with Gasteiger partial charge < -0.3 is 13.7 Å². The highest BCUT2D eigenvalue weighted by molar-refractivity contribution is 7.99. The Bertz CT molecular complexity index is 879. The molecular formula is C17H16N4O2S. The van der Waals surface area contributed by atoms with Crippen molar-refractivity contribution in [2.24, 2.45) is 7.05 Å². The van der Waals surface area contributed by atoms with Crippen LogP contribution in [0.1, 0.15) is 11.3 Å². The van der Waals surface area contributed by atoms with Gasteiger partial charge in [0.15, 0.2) is 11.0 Å². The lowest BCUT2D eigenvalue weighted by Gasteiger charge is -2.06. The molecule has 0 aliphatic rings. The zero-order valence-electron chi connectivity index (χ0n) is 13.4. The van der Waals surface area contributed by atoms with E-state index in [4.69, 9.17) is 14.4 Å². The molecule has 3 rings (SSSR count). The molecule has 2 aromatic heterocycles. The molecule has 0 amide bonds. The third-order valence-electron chi connectivity index (χ3n) is 3.48. The molecule has 0 spiro atoms. The molecular weight excluding hydrogens is 324 g/mol. The molecule has 0 fully saturated rings. The maximum atomic E-state index is 8.88. The second kappa shape index (κ2) is 7.23. The smallest absolute Gasteiger partial charge is 0.191 e. The van der Waals surface area contributed by atoms with Crippen molar-refractivity contribution in [2.75, 3.05) is 12.4 Å². The number of rotatable bonds is 6. The molecule has 2 heterocycles. The summed E-state index contributed by atoms with van der Waals surface area (Å²) >= 11 is 1.57. The van der Waals surface area contributed by atoms with Crippen LogP contribution in [0.3, 0.4) is 0 Å². The Hall–Kier alpha value is -2.72. The summed E-state index contributed by atoms with van der Waals surface area (Å²) in [6.07, 6.45) is 1.65. The third-order valence-corrected chi connectivity index (χ3v) is 4.47. The van der Waals surface area contributed by atoms with Crippen molar-refractivity contribution in [3.63, 3.8) is 0 Å². The second-order valence-corrected chi connectivity index (χ2v) is 6.15. The molecule has 0 aliphatic carbocycles. The largest absolute Gasteiger partial charge is 0.493 e. The van der Waals surface area contributed by atoms with Crippen molar-refractivity contribution in [2.45, 2.75) is 12.1 Å². The lowest BCUT2D eigenvalue weighted by Crippen LogP contribution is -2.02. The number of aromatic nitrogens is 3. The first-order valence-electron chi connectivity index (χ1n) is 7.38. The van der Waals surface area contributed by atoms with Crippen molar-refractivity contribution in [3.8, 4) is 23.2 Å². The second-order valence-electron chi connectivity index (χ2n) is 5.09. The first kappa shape index (κ1) is 16.1. The van der Waals surface area contributed by atoms with Gasteiger partial charge in [0, 0.05) is 12.8 Å². The van der Waals surface area contributed by atoms with E-state index in [2.05, 4.69) is 16.3 Å². The molecule has 24 heavy (non-hydrogen) atoms. The van der Waals surface area contributed by atoms with Crippen LogP contribution in [0.2, 0.25) is 0 Å². The topological polar surface area (TPSA) is 76.9 Å². The number of benzene rings is 1. The molecule has 0 saturated heterocycles. The molecule has 0 unspecified atom stereocenters. The fourth-order valence-corrected chi connectivity index (χ4v) is 2.97. The van der Waals surface area contributed by atoms with Gasteiger partial charge in [0.1, 0.15) is 11.5 Å². The number of nitrogens with zero attached hydrogens (tertiary/aromatic N) is 4. The Labute approximate surface area is 144 Å². The van der Waals surface area contributed by atoms with E-state index in [1.165, 1.54) is 0 Å². The Morgan fingerprint density at radius 2 is 2.21 bits per heavy atom. The van der Waals surface area contributed by atoms with Crippen LogP contribution >= 0.6 is 11.8 Å². The van der Waals surface area contributed by atoms with Crippen LogP contribution < -0.4 is 4.74 Å². The van der Waals surface area contributed by atoms with Gasteiger partial charge >= 0.3 is 0 Å². The van der Waals surface area contributed by atoms with E-state index in [1.54, 1.807) is 30.2 Å². The molecule has 0 radical (unpaired) electrons. The van der Waals surface area contributed by atoms with Crippen LogP contribution in [0.5, 0.6) is 5.75 Å². The van der Waals surface area contributed by atoms with Crippen molar-refractivity contribution < 1.29 is 9.15 Å². The van der Waals surface area contributed by atoms with Crippen LogP contribution in [0.4, 0.5) is 0 Å². The highest BCUT2D eigenvalue weighted by Crippen LogP contribution is 2.25. The Morgan fingerprint density at radius 3 is 2.96 bits per heavy atom. The maximum absolute atomic E-state index is 8.88. The van der Waals surface area contributed by atoms with Gasteiger partial charge in [-0.15, -0.1) is 10.2 Å². The maximum Gasteiger partial charge on any atom is 0.191 e. The van der Waals surface area contributed by atoms with Crippen LogP contribution in [-0.4, -0.2) is 27.1 Å². The Balaban J connectivity index is 1.57. The summed E-state index contributed by atoms with van der Waals surface area (Å²) in [5, 5.41) is 18.2. The minimum Gasteiger partial charge on any atom is -0.493 e. The normalized spacial score (nSPS) is 10.5. The average Bonchev–Trinajstić information content (AvgIpc) is 3.17. The average molecular weight is 340 g/mol. The quantitative estimate of drug-likeness (QED) is 0.505. The SMILES string of the molecule is Cc1occc1-c1nnc(SCCOc2cccc(C#N)c2)n1C. The monoisotopic (exact) mass is 340 g/mol. The summed E-state index contributed by atoms with van der Waals surface area (Å²) in [5.41, 5.74) is 1.54. The van der Waals surface area contributed by atoms with E-state index in [-0.39, 0.29) is 0 Å². The van der Waals surface area contributed by atoms with Gasteiger partial charge in [-0.05, 0) is 31.2 Å². The van der Waals surface area contributed by atoms with E-state index >= 15 is 0 Å². The van der Waals surface area contributed by atoms with Crippen LogP contribution in [0, 0.1) is 18.3 Å². The molecule has 7 heteroatoms. The van der Waals surface area contributed by atoms with Gasteiger partial charge in [-0.2, -0.15) is 5.26 Å². The fraction of sp³-hybridized carbons (Fsp3) is 0.235. The molecule has 0 saturated carbocycles. The highest BCUT2D eigenvalue weighted by Gasteiger charge is 2.14. The van der Waals surface area contributed by atoms with Gasteiger partial charge in [0.2, 0.25) is 0 Å². The minimum absolute atomic E-state index is 0.520. The van der Waals surface area contributed by atoms with Crippen LogP contribution in [0.15, 0.2) is 46.2 Å². The van der Waals surface area contributed by atoms with E-state index in [9.17, 15) is 0 Å². The molecule has 1 aromatic carbocycles. The molecule has 3 aromatic rings. The van der Waals surface area contributed by atoms with Crippen molar-refractivity contribution in [3.05, 3.63) is 47.9 Å². The van der Waals surface area contributed by atoms with Gasteiger partial charge in [0.25, 0.3) is 0 Å². The molecule has 0 N–H and O–H groups in total. The van der Waals surface area contributed by atoms with Crippen molar-refractivity contribution >= 4 is 11.8 Å². The van der Waals surface area contributed by atoms with Crippen molar-refractivity contribution in [1.82, 2.24) is 14.8 Å². The molecule has 0 atom stereocenters. The lowest BCUT2D eigenvalue weighted by atomic mass is 10.2. The number of hydrogen-bond acceptors (Lipinski definition) is 6. The van der Waals surface area contributed by atoms with Gasteiger partial charge in [-0.25, -0.2) is 0 Å². The van der Waals surface area contributed by atoms with Crippen molar-refractivity contribution in [1.29, 1.82) is 5.26 Å². The molecule has 6 nitrogen and oxygen atoms in total. The number of nitriles is 1. The summed E-state index contributed by atoms with van der Waals surface area (Å²) in [7, 11) is 1.93. The van der Waals surface area contributed by atoms with E-state index < -0.39 is 0 Å². The minimum atomic E-state index is 0.520. The number of aryl methyl sites for hydroxylation is 1. The van der Waals surface area contributed by atoms with E-state index in [0.29, 0.717) is 17.9 Å². The van der Waals surface area contributed by atoms with Crippen LogP contribution in [-0.2, 0) is 7.05 Å². The summed E-state index contributed by atoms with van der Waals surface area (Å²) in [5.74, 6) is 3.03. The lowest BCUT2D eigenvalue weighted by molar-refractivity contribution is 0.343. The molecule has 0 aliphatic heterocycles. The molecule has 122 valence electrons. The van der Waals surface area contributed by atoms with E-state index in [0.717, 1.165) is 28.1 Å². The standard InChI is InChI=1S/C17H16N4O2S/c1-12-15(6-7-22-12)16-19-20-17(21(16)2)24-9-8-23-14-5-3-4-13(10-14)11-18/h3-7,10H,8-9H2,1-2H3. The zero-order valence-corrected chi connectivity index (χ0v) is 14.2. The number of furan rings is 1. The highest BCUT2D eigenvalue weighted by atomic mass is 32.2. The van der Waals surface area contributed by atoms with Crippen LogP contribution in [0.25, 0.3) is 11.4 Å². The fourth-order valence-electron chi connectivity index (χ4n) is 2.24. The van der Waals surface area contributed by atoms with Gasteiger partial charge in [-0.1, -0.05) is 17.8 Å². The first-order chi connectivity index (χ1) is 11.7. The third kappa shape index (κ3) is 3.44. The summed E-state index contributed by atoms with van der Waals surface area (Å²) in [6.45, 7) is 2.42. The van der Waals surface area contributed by atoms with Gasteiger partial charge in [0.05, 0.1) is 30.1 Å². The Kier molecular flexibility index (Phi) is 4.87. The number of thioether (sulfide) groups is 1. The molecule has 0 bridgehead atoms. The van der Waals surface area contributed by atoms with Gasteiger partial charge in [-0.3, -0.25) is 0 Å². The zero-order chi connectivity index (χ0) is 16.9. The van der Waals surface area contributed by atoms with E-state index in [1.807, 2.05) is 36.7 Å². The summed E-state index contributed by atoms with van der Waals surface area (Å²) in [6, 6.07) is 11.1. The number of hydrogen-bond donors (Lipinski definition) is 0. The summed E-state index contributed by atoms with van der Waals surface area (Å²) < 4.78 is 12.9. The predicted octanol–water partition coefficient (Wildman–Crippen LogP) is 3.43. The first-order valence-corrected chi connectivity index (χ1v) is 8.37.